The molecule has 2 aromatic carbocycles. The molecule has 37 heavy (non-hydrogen) atoms. The van der Waals surface area contributed by atoms with Gasteiger partial charge in [0, 0.05) is 26.0 Å². The number of alkyl halides is 3. The number of likely N-dealkylation sites (N-methyl/N-ethyl adjacent to an activating group) is 2. The maximum atomic E-state index is 14.9. The molecule has 1 unspecified atom stereocenters. The summed E-state index contributed by atoms with van der Waals surface area (Å²) in [5, 5.41) is 3.15. The average molecular weight is 515 g/mol. The summed E-state index contributed by atoms with van der Waals surface area (Å²) in [6, 6.07) is 8.05. The van der Waals surface area contributed by atoms with Crippen LogP contribution in [0.1, 0.15) is 28.4 Å². The lowest BCUT2D eigenvalue weighted by atomic mass is 9.97. The number of hydrogen-bond donors (Lipinski definition) is 1. The monoisotopic (exact) mass is 514 g/mol. The normalized spacial score (nSPS) is 17.9. The van der Waals surface area contributed by atoms with Crippen molar-refractivity contribution in [1.82, 2.24) is 19.4 Å². The number of halogens is 4. The lowest BCUT2D eigenvalue weighted by Gasteiger charge is -2.40. The van der Waals surface area contributed by atoms with E-state index < -0.39 is 23.6 Å². The third-order valence-corrected chi connectivity index (χ3v) is 6.58. The van der Waals surface area contributed by atoms with Crippen molar-refractivity contribution >= 4 is 11.6 Å². The number of benzene rings is 2. The van der Waals surface area contributed by atoms with Crippen LogP contribution in [0.3, 0.4) is 0 Å². The van der Waals surface area contributed by atoms with Gasteiger partial charge in [-0.15, -0.1) is 0 Å². The lowest BCUT2D eigenvalue weighted by molar-refractivity contribution is -0.137. The van der Waals surface area contributed by atoms with Crippen LogP contribution in [0.2, 0.25) is 0 Å². The van der Waals surface area contributed by atoms with Gasteiger partial charge in [-0.3, -0.25) is 0 Å². The predicted octanol–water partition coefficient (Wildman–Crippen LogP) is 5.23. The summed E-state index contributed by atoms with van der Waals surface area (Å²) in [5.74, 6) is 1.16. The molecule has 0 radical (unpaired) electrons. The molecule has 3 heterocycles. The average Bonchev–Trinajstić information content (AvgIpc) is 3.26. The van der Waals surface area contributed by atoms with Crippen LogP contribution in [-0.2, 0) is 10.9 Å². The third-order valence-electron chi connectivity index (χ3n) is 6.58. The first kappa shape index (κ1) is 24.7. The fourth-order valence-corrected chi connectivity index (χ4v) is 4.51. The number of hydrogen-bond acceptors (Lipinski definition) is 6. The number of aromatic nitrogens is 2. The van der Waals surface area contributed by atoms with Crippen molar-refractivity contribution in [3.63, 3.8) is 0 Å². The first-order valence-electron chi connectivity index (χ1n) is 11.6. The van der Waals surface area contributed by atoms with Crippen LogP contribution in [0, 0.1) is 19.7 Å². The minimum Gasteiger partial charge on any atom is -0.490 e. The zero-order valence-electron chi connectivity index (χ0n) is 20.8. The maximum Gasteiger partial charge on any atom is 0.416 e. The van der Waals surface area contributed by atoms with Crippen LogP contribution in [0.25, 0.3) is 5.69 Å². The Morgan fingerprint density at radius 1 is 1.08 bits per heavy atom. The van der Waals surface area contributed by atoms with Gasteiger partial charge < -0.3 is 24.4 Å². The molecule has 7 nitrogen and oxygen atoms in total. The molecule has 0 amide bonds. The highest BCUT2D eigenvalue weighted by Gasteiger charge is 2.36. The van der Waals surface area contributed by atoms with Crippen molar-refractivity contribution in [3.05, 3.63) is 88.7 Å². The van der Waals surface area contributed by atoms with Crippen LogP contribution >= 0.6 is 0 Å². The molecular weight excluding hydrogens is 488 g/mol. The van der Waals surface area contributed by atoms with Crippen molar-refractivity contribution < 1.29 is 22.3 Å². The molecule has 0 saturated heterocycles. The van der Waals surface area contributed by atoms with Gasteiger partial charge in [-0.25, -0.2) is 9.37 Å². The Balaban J connectivity index is 1.41. The fourth-order valence-electron chi connectivity index (χ4n) is 4.51. The summed E-state index contributed by atoms with van der Waals surface area (Å²) in [4.78, 5) is 12.5. The van der Waals surface area contributed by atoms with E-state index in [0.717, 1.165) is 17.3 Å². The van der Waals surface area contributed by atoms with Crippen LogP contribution < -0.4 is 5.32 Å². The van der Waals surface area contributed by atoms with E-state index in [9.17, 15) is 17.6 Å². The van der Waals surface area contributed by atoms with Crippen molar-refractivity contribution in [2.24, 2.45) is 4.99 Å². The van der Waals surface area contributed by atoms with Gasteiger partial charge in [0.25, 0.3) is 0 Å². The van der Waals surface area contributed by atoms with Crippen molar-refractivity contribution in [3.8, 4) is 5.69 Å². The Labute approximate surface area is 211 Å². The van der Waals surface area contributed by atoms with Crippen molar-refractivity contribution in [2.75, 3.05) is 32.6 Å². The van der Waals surface area contributed by atoms with Crippen LogP contribution in [0.5, 0.6) is 0 Å². The Morgan fingerprint density at radius 2 is 1.86 bits per heavy atom. The van der Waals surface area contributed by atoms with Gasteiger partial charge in [-0.05, 0) is 55.3 Å². The molecule has 11 heteroatoms. The number of guanidine groups is 1. The quantitative estimate of drug-likeness (QED) is 0.485. The predicted molar refractivity (Wildman–Crippen MR) is 132 cm³/mol. The Kier molecular flexibility index (Phi) is 6.09. The number of anilines is 1. The molecule has 1 atom stereocenters. The first-order valence-corrected chi connectivity index (χ1v) is 11.6. The minimum absolute atomic E-state index is 0.198. The number of aliphatic imine (C=N–C) groups is 1. The number of ether oxygens (including phenoxy) is 1. The SMILES string of the molecule is Cc1cn(-c2ccc(NC3=NC4=C(CN3C)OCC(c3cc(C(F)(F)F)ccc3C)N4C)cc2F)cn1. The molecule has 0 aliphatic carbocycles. The number of nitrogens with one attached hydrogen (secondary N) is 1. The Bertz CT molecular complexity index is 1410. The lowest BCUT2D eigenvalue weighted by Crippen LogP contribution is -2.43. The van der Waals surface area contributed by atoms with Crippen LogP contribution in [0.15, 0.2) is 65.5 Å². The van der Waals surface area contributed by atoms with Gasteiger partial charge in [-0.2, -0.15) is 18.2 Å². The standard InChI is InChI=1S/C26H26F4N6O/c1-15-5-6-17(26(28,29)30)9-19(15)22-13-37-23-12-34(3)25(33-24(23)35(22)4)32-18-7-8-21(20(27)10-18)36-11-16(2)31-14-36/h5-11,14,22H,12-13H2,1-4H3,(H,32,33). The minimum atomic E-state index is -4.44. The van der Waals surface area contributed by atoms with Crippen molar-refractivity contribution in [1.29, 1.82) is 0 Å². The zero-order valence-corrected chi connectivity index (χ0v) is 20.8. The van der Waals surface area contributed by atoms with E-state index in [1.54, 1.807) is 43.2 Å². The van der Waals surface area contributed by atoms with E-state index in [-0.39, 0.29) is 6.61 Å². The second-order valence-corrected chi connectivity index (χ2v) is 9.26. The maximum absolute atomic E-state index is 14.9. The zero-order chi connectivity index (χ0) is 26.5. The third kappa shape index (κ3) is 4.73. The topological polar surface area (TPSA) is 57.9 Å². The summed E-state index contributed by atoms with van der Waals surface area (Å²) in [7, 11) is 3.61. The van der Waals surface area contributed by atoms with Gasteiger partial charge in [0.1, 0.15) is 12.4 Å². The van der Waals surface area contributed by atoms with Gasteiger partial charge in [-0.1, -0.05) is 6.07 Å². The van der Waals surface area contributed by atoms with Crippen LogP contribution in [0.4, 0.5) is 23.2 Å². The van der Waals surface area contributed by atoms with E-state index in [1.165, 1.54) is 18.2 Å². The molecule has 2 aliphatic rings. The largest absolute Gasteiger partial charge is 0.490 e. The van der Waals surface area contributed by atoms with Crippen LogP contribution in [-0.4, -0.2) is 52.6 Å². The van der Waals surface area contributed by atoms with Gasteiger partial charge in [0.05, 0.1) is 35.9 Å². The molecule has 0 bridgehead atoms. The molecule has 0 saturated carbocycles. The van der Waals surface area contributed by atoms with E-state index in [0.29, 0.717) is 41.0 Å². The molecule has 3 aromatic rings. The molecule has 0 spiro atoms. The molecule has 1 N–H and O–H groups in total. The molecule has 1 aromatic heterocycles. The van der Waals surface area contributed by atoms with Crippen molar-refractivity contribution in [2.45, 2.75) is 26.1 Å². The number of nitrogens with zero attached hydrogens (tertiary/aromatic N) is 5. The Morgan fingerprint density at radius 3 is 2.54 bits per heavy atom. The highest BCUT2D eigenvalue weighted by atomic mass is 19.4. The highest BCUT2D eigenvalue weighted by molar-refractivity contribution is 5.95. The Hall–Kier alpha value is -4.02. The number of aryl methyl sites for hydroxylation is 2. The molecule has 194 valence electrons. The van der Waals surface area contributed by atoms with Gasteiger partial charge in [0.2, 0.25) is 5.96 Å². The van der Waals surface area contributed by atoms with E-state index in [4.69, 9.17) is 9.73 Å². The van der Waals surface area contributed by atoms with E-state index >= 15 is 0 Å². The number of imidazole rings is 1. The second kappa shape index (κ2) is 9.13. The van der Waals surface area contributed by atoms with E-state index in [1.807, 2.05) is 23.8 Å². The first-order chi connectivity index (χ1) is 17.5. The second-order valence-electron chi connectivity index (χ2n) is 9.26. The summed E-state index contributed by atoms with van der Waals surface area (Å²) >= 11 is 0. The number of rotatable bonds is 3. The molecular formula is C26H26F4N6O. The van der Waals surface area contributed by atoms with Gasteiger partial charge >= 0.3 is 6.18 Å². The summed E-state index contributed by atoms with van der Waals surface area (Å²) in [5.41, 5.74) is 2.21. The summed E-state index contributed by atoms with van der Waals surface area (Å²) in [6.07, 6.45) is -1.15. The fraction of sp³-hybridized carbons (Fsp3) is 0.308. The smallest absolute Gasteiger partial charge is 0.416 e. The summed E-state index contributed by atoms with van der Waals surface area (Å²) < 4.78 is 62.5. The van der Waals surface area contributed by atoms with E-state index in [2.05, 4.69) is 10.3 Å². The molecule has 2 aliphatic heterocycles. The van der Waals surface area contributed by atoms with Gasteiger partial charge in [0.15, 0.2) is 11.6 Å². The molecule has 0 fully saturated rings. The molecule has 5 rings (SSSR count). The highest BCUT2D eigenvalue weighted by Crippen LogP contribution is 2.38. The summed E-state index contributed by atoms with van der Waals surface area (Å²) in [6.45, 7) is 4.20.